The minimum atomic E-state index is -0.459. The molecular formula is C24H19N3O3S. The van der Waals surface area contributed by atoms with E-state index >= 15 is 0 Å². The Bertz CT molecular complexity index is 1290. The standard InChI is InChI=1S/C24H19N3O3S/c28-21(26-22(29)18-11-5-2-6-12-18)16-31-24-25-20-14-8-7-13-19(20)23(30)27(24)15-17-9-3-1-4-10-17/h1-14H,15-16H2,(H,26,28,29). The summed E-state index contributed by atoms with van der Waals surface area (Å²) in [5.41, 5.74) is 1.76. The van der Waals surface area contributed by atoms with Gasteiger partial charge in [-0.15, -0.1) is 0 Å². The second-order valence-electron chi connectivity index (χ2n) is 6.82. The van der Waals surface area contributed by atoms with Crippen LogP contribution in [0, 0.1) is 0 Å². The molecule has 1 heterocycles. The Labute approximate surface area is 182 Å². The lowest BCUT2D eigenvalue weighted by Gasteiger charge is -2.13. The molecule has 0 bridgehead atoms. The second-order valence-corrected chi connectivity index (χ2v) is 7.76. The maximum Gasteiger partial charge on any atom is 0.262 e. The third-order valence-corrected chi connectivity index (χ3v) is 5.61. The molecule has 0 saturated carbocycles. The van der Waals surface area contributed by atoms with E-state index in [1.165, 1.54) is 0 Å². The summed E-state index contributed by atoms with van der Waals surface area (Å²) in [5.74, 6) is -0.954. The minimum Gasteiger partial charge on any atom is -0.292 e. The smallest absolute Gasteiger partial charge is 0.262 e. The molecule has 0 aliphatic rings. The molecule has 0 aliphatic heterocycles. The van der Waals surface area contributed by atoms with Gasteiger partial charge in [0, 0.05) is 5.56 Å². The van der Waals surface area contributed by atoms with Crippen LogP contribution in [0.2, 0.25) is 0 Å². The molecule has 1 aromatic heterocycles. The zero-order valence-electron chi connectivity index (χ0n) is 16.5. The summed E-state index contributed by atoms with van der Waals surface area (Å²) >= 11 is 1.13. The number of carbonyl (C=O) groups excluding carboxylic acids is 2. The van der Waals surface area contributed by atoms with Crippen LogP contribution >= 0.6 is 11.8 Å². The summed E-state index contributed by atoms with van der Waals surface area (Å²) in [6, 6.07) is 25.3. The van der Waals surface area contributed by atoms with Crippen LogP contribution in [0.25, 0.3) is 10.9 Å². The number of nitrogens with zero attached hydrogens (tertiary/aromatic N) is 2. The predicted molar refractivity (Wildman–Crippen MR) is 121 cm³/mol. The number of hydrogen-bond acceptors (Lipinski definition) is 5. The van der Waals surface area contributed by atoms with Crippen LogP contribution in [0.3, 0.4) is 0 Å². The number of aromatic nitrogens is 2. The van der Waals surface area contributed by atoms with E-state index in [9.17, 15) is 14.4 Å². The zero-order valence-corrected chi connectivity index (χ0v) is 17.3. The molecule has 3 aromatic carbocycles. The lowest BCUT2D eigenvalue weighted by Crippen LogP contribution is -2.32. The number of rotatable bonds is 6. The van der Waals surface area contributed by atoms with Crippen molar-refractivity contribution in [3.63, 3.8) is 0 Å². The minimum absolute atomic E-state index is 0.0435. The maximum absolute atomic E-state index is 13.1. The molecule has 2 amide bonds. The SMILES string of the molecule is O=C(CSc1nc2ccccc2c(=O)n1Cc1ccccc1)NC(=O)c1ccccc1. The van der Waals surface area contributed by atoms with Gasteiger partial charge in [0.05, 0.1) is 23.2 Å². The monoisotopic (exact) mass is 429 g/mol. The number of para-hydroxylation sites is 1. The molecule has 0 unspecified atom stereocenters. The summed E-state index contributed by atoms with van der Waals surface area (Å²) < 4.78 is 1.56. The lowest BCUT2D eigenvalue weighted by atomic mass is 10.2. The van der Waals surface area contributed by atoms with Gasteiger partial charge in [-0.05, 0) is 29.8 Å². The first kappa shape index (κ1) is 20.6. The van der Waals surface area contributed by atoms with E-state index in [1.807, 2.05) is 36.4 Å². The largest absolute Gasteiger partial charge is 0.292 e. The van der Waals surface area contributed by atoms with Crippen LogP contribution in [-0.2, 0) is 11.3 Å². The van der Waals surface area contributed by atoms with Crippen molar-refractivity contribution in [2.45, 2.75) is 11.7 Å². The lowest BCUT2D eigenvalue weighted by molar-refractivity contribution is -0.117. The van der Waals surface area contributed by atoms with Crippen LogP contribution < -0.4 is 10.9 Å². The highest BCUT2D eigenvalue weighted by Crippen LogP contribution is 2.19. The topological polar surface area (TPSA) is 81.1 Å². The fraction of sp³-hybridized carbons (Fsp3) is 0.0833. The normalized spacial score (nSPS) is 10.7. The number of thioether (sulfide) groups is 1. The highest BCUT2D eigenvalue weighted by Gasteiger charge is 2.15. The molecule has 4 aromatic rings. The van der Waals surface area contributed by atoms with Crippen molar-refractivity contribution in [3.8, 4) is 0 Å². The van der Waals surface area contributed by atoms with Crippen molar-refractivity contribution in [2.24, 2.45) is 0 Å². The first-order valence-corrected chi connectivity index (χ1v) is 10.7. The van der Waals surface area contributed by atoms with E-state index < -0.39 is 11.8 Å². The van der Waals surface area contributed by atoms with E-state index in [2.05, 4.69) is 10.3 Å². The Balaban J connectivity index is 1.57. The number of benzene rings is 3. The fourth-order valence-corrected chi connectivity index (χ4v) is 3.92. The Morgan fingerprint density at radius 3 is 2.26 bits per heavy atom. The highest BCUT2D eigenvalue weighted by molar-refractivity contribution is 7.99. The molecule has 7 heteroatoms. The Morgan fingerprint density at radius 1 is 0.871 bits per heavy atom. The van der Waals surface area contributed by atoms with Crippen molar-refractivity contribution in [2.75, 3.05) is 5.75 Å². The Morgan fingerprint density at radius 2 is 1.52 bits per heavy atom. The van der Waals surface area contributed by atoms with Gasteiger partial charge in [-0.3, -0.25) is 24.3 Å². The summed E-state index contributed by atoms with van der Waals surface area (Å²) in [7, 11) is 0. The first-order chi connectivity index (χ1) is 15.1. The van der Waals surface area contributed by atoms with Crippen LogP contribution in [0.5, 0.6) is 0 Å². The summed E-state index contributed by atoms with van der Waals surface area (Å²) in [6.07, 6.45) is 0. The van der Waals surface area contributed by atoms with E-state index in [0.717, 1.165) is 17.3 Å². The van der Waals surface area contributed by atoms with E-state index in [-0.39, 0.29) is 11.3 Å². The van der Waals surface area contributed by atoms with Crippen molar-refractivity contribution in [1.82, 2.24) is 14.9 Å². The average molecular weight is 430 g/mol. The number of imide groups is 1. The van der Waals surface area contributed by atoms with Gasteiger partial charge in [-0.25, -0.2) is 4.98 Å². The van der Waals surface area contributed by atoms with Gasteiger partial charge in [0.15, 0.2) is 5.16 Å². The number of nitrogens with one attached hydrogen (secondary N) is 1. The summed E-state index contributed by atoms with van der Waals surface area (Å²) in [6.45, 7) is 0.338. The molecule has 0 atom stereocenters. The molecule has 1 N–H and O–H groups in total. The molecule has 0 aliphatic carbocycles. The Hall–Kier alpha value is -3.71. The fourth-order valence-electron chi connectivity index (χ4n) is 3.12. The van der Waals surface area contributed by atoms with Crippen LogP contribution in [0.4, 0.5) is 0 Å². The number of hydrogen-bond donors (Lipinski definition) is 1. The second kappa shape index (κ2) is 9.40. The van der Waals surface area contributed by atoms with Gasteiger partial charge < -0.3 is 0 Å². The molecule has 0 radical (unpaired) electrons. The molecule has 4 rings (SSSR count). The highest BCUT2D eigenvalue weighted by atomic mass is 32.2. The van der Waals surface area contributed by atoms with Gasteiger partial charge in [0.2, 0.25) is 5.91 Å². The first-order valence-electron chi connectivity index (χ1n) is 9.67. The summed E-state index contributed by atoms with van der Waals surface area (Å²) in [5, 5.41) is 3.32. The van der Waals surface area contributed by atoms with Crippen molar-refractivity contribution in [3.05, 3.63) is 106 Å². The number of amides is 2. The van der Waals surface area contributed by atoms with Gasteiger partial charge >= 0.3 is 0 Å². The molecule has 0 fully saturated rings. The van der Waals surface area contributed by atoms with E-state index in [1.54, 1.807) is 53.1 Å². The predicted octanol–water partition coefficient (Wildman–Crippen LogP) is 3.49. The summed E-state index contributed by atoms with van der Waals surface area (Å²) in [4.78, 5) is 42.3. The van der Waals surface area contributed by atoms with Crippen LogP contribution in [0.15, 0.2) is 94.9 Å². The molecule has 0 saturated heterocycles. The number of carbonyl (C=O) groups is 2. The van der Waals surface area contributed by atoms with Crippen molar-refractivity contribution in [1.29, 1.82) is 0 Å². The van der Waals surface area contributed by atoms with Crippen LogP contribution in [0.1, 0.15) is 15.9 Å². The average Bonchev–Trinajstić information content (AvgIpc) is 2.81. The van der Waals surface area contributed by atoms with Crippen molar-refractivity contribution < 1.29 is 9.59 Å². The molecule has 6 nitrogen and oxygen atoms in total. The Kier molecular flexibility index (Phi) is 6.24. The molecule has 0 spiro atoms. The third kappa shape index (κ3) is 4.90. The zero-order chi connectivity index (χ0) is 21.6. The van der Waals surface area contributed by atoms with Gasteiger partial charge in [0.25, 0.3) is 11.5 Å². The van der Waals surface area contributed by atoms with Crippen molar-refractivity contribution >= 4 is 34.5 Å². The van der Waals surface area contributed by atoms with Crippen LogP contribution in [-0.4, -0.2) is 27.1 Å². The van der Waals surface area contributed by atoms with Gasteiger partial charge in [-0.1, -0.05) is 72.4 Å². The molecule has 154 valence electrons. The maximum atomic E-state index is 13.1. The van der Waals surface area contributed by atoms with Gasteiger partial charge in [0.1, 0.15) is 0 Å². The number of fused-ring (bicyclic) bond motifs is 1. The van der Waals surface area contributed by atoms with E-state index in [0.29, 0.717) is 28.2 Å². The quantitative estimate of drug-likeness (QED) is 0.375. The van der Waals surface area contributed by atoms with E-state index in [4.69, 9.17) is 0 Å². The molecular weight excluding hydrogens is 410 g/mol. The third-order valence-electron chi connectivity index (χ3n) is 4.63. The molecule has 31 heavy (non-hydrogen) atoms. The van der Waals surface area contributed by atoms with Gasteiger partial charge in [-0.2, -0.15) is 0 Å².